The van der Waals surface area contributed by atoms with Crippen molar-refractivity contribution in [3.05, 3.63) is 33.8 Å². The number of benzene rings is 1. The van der Waals surface area contributed by atoms with Crippen molar-refractivity contribution in [2.24, 2.45) is 0 Å². The van der Waals surface area contributed by atoms with Crippen LogP contribution in [0.3, 0.4) is 0 Å². The van der Waals surface area contributed by atoms with Gasteiger partial charge in [0.05, 0.1) is 5.41 Å². The minimum Gasteiger partial charge on any atom is -0.481 e. The Bertz CT molecular complexity index is 519. The lowest BCUT2D eigenvalue weighted by atomic mass is 9.64. The Morgan fingerprint density at radius 3 is 2.50 bits per heavy atom. The minimum absolute atomic E-state index is 0.622. The lowest BCUT2D eigenvalue weighted by Gasteiger charge is -2.38. The Morgan fingerprint density at radius 2 is 2.00 bits per heavy atom. The molecule has 1 aliphatic heterocycles. The predicted molar refractivity (Wildman–Crippen MR) is 86.6 cm³/mol. The fraction of sp³-hybridized carbons (Fsp3) is 0.562. The summed E-state index contributed by atoms with van der Waals surface area (Å²) in [4.78, 5) is 11.6. The van der Waals surface area contributed by atoms with E-state index in [0.29, 0.717) is 5.92 Å². The first-order valence-electron chi connectivity index (χ1n) is 7.24. The van der Waals surface area contributed by atoms with Crippen LogP contribution in [0.4, 0.5) is 0 Å². The summed E-state index contributed by atoms with van der Waals surface area (Å²) >= 11 is 5.71. The molecule has 108 valence electrons. The van der Waals surface area contributed by atoms with Gasteiger partial charge in [-0.2, -0.15) is 11.8 Å². The molecule has 1 saturated heterocycles. The van der Waals surface area contributed by atoms with Crippen LogP contribution in [-0.2, 0) is 10.2 Å². The molecule has 0 amide bonds. The largest absolute Gasteiger partial charge is 0.481 e. The van der Waals surface area contributed by atoms with E-state index in [9.17, 15) is 9.90 Å². The van der Waals surface area contributed by atoms with Crippen molar-refractivity contribution in [2.75, 3.05) is 11.5 Å². The van der Waals surface area contributed by atoms with Gasteiger partial charge in [-0.05, 0) is 60.3 Å². The van der Waals surface area contributed by atoms with Gasteiger partial charge in [0.15, 0.2) is 0 Å². The van der Waals surface area contributed by atoms with Crippen LogP contribution < -0.4 is 0 Å². The quantitative estimate of drug-likeness (QED) is 0.863. The molecule has 4 heteroatoms. The molecule has 1 N–H and O–H groups in total. The summed E-state index contributed by atoms with van der Waals surface area (Å²) in [6.07, 6.45) is 5.02. The SMILES string of the molecule is O=C(O)C1(c2ccc(C3CCSCC3)c(Br)c2)CCC1. The van der Waals surface area contributed by atoms with Gasteiger partial charge in [-0.1, -0.05) is 34.5 Å². The molecule has 1 aromatic carbocycles. The molecule has 2 aliphatic rings. The normalized spacial score (nSPS) is 22.2. The third kappa shape index (κ3) is 2.41. The zero-order chi connectivity index (χ0) is 14.2. The third-order valence-corrected chi connectivity index (χ3v) is 6.57. The molecule has 1 aliphatic carbocycles. The highest BCUT2D eigenvalue weighted by atomic mass is 79.9. The first-order valence-corrected chi connectivity index (χ1v) is 9.19. The Morgan fingerprint density at radius 1 is 1.30 bits per heavy atom. The van der Waals surface area contributed by atoms with Crippen molar-refractivity contribution in [3.63, 3.8) is 0 Å². The van der Waals surface area contributed by atoms with E-state index >= 15 is 0 Å². The van der Waals surface area contributed by atoms with Crippen molar-refractivity contribution in [3.8, 4) is 0 Å². The standard InChI is InChI=1S/C16H19BrO2S/c17-14-10-12(16(15(18)19)6-1-7-16)2-3-13(14)11-4-8-20-9-5-11/h2-3,10-11H,1,4-9H2,(H,18,19). The number of carboxylic acids is 1. The number of thioether (sulfide) groups is 1. The molecule has 1 aromatic rings. The Balaban J connectivity index is 1.89. The van der Waals surface area contributed by atoms with Crippen LogP contribution in [0.15, 0.2) is 22.7 Å². The maximum atomic E-state index is 11.6. The number of hydrogen-bond acceptors (Lipinski definition) is 2. The maximum Gasteiger partial charge on any atom is 0.314 e. The summed E-state index contributed by atoms with van der Waals surface area (Å²) in [5.41, 5.74) is 1.70. The molecule has 1 saturated carbocycles. The van der Waals surface area contributed by atoms with Crippen LogP contribution in [0.5, 0.6) is 0 Å². The monoisotopic (exact) mass is 354 g/mol. The first-order chi connectivity index (χ1) is 9.63. The van der Waals surface area contributed by atoms with E-state index in [0.717, 1.165) is 29.3 Å². The zero-order valence-corrected chi connectivity index (χ0v) is 13.8. The Hall–Kier alpha value is -0.480. The van der Waals surface area contributed by atoms with Gasteiger partial charge in [0.1, 0.15) is 0 Å². The van der Waals surface area contributed by atoms with Crippen molar-refractivity contribution >= 4 is 33.7 Å². The number of carboxylic acid groups (broad SMARTS) is 1. The van der Waals surface area contributed by atoms with Crippen LogP contribution in [-0.4, -0.2) is 22.6 Å². The summed E-state index contributed by atoms with van der Waals surface area (Å²) in [6, 6.07) is 6.27. The van der Waals surface area contributed by atoms with E-state index in [-0.39, 0.29) is 0 Å². The molecule has 0 atom stereocenters. The van der Waals surface area contributed by atoms with Crippen LogP contribution >= 0.6 is 27.7 Å². The zero-order valence-electron chi connectivity index (χ0n) is 11.4. The first kappa shape index (κ1) is 14.5. The molecule has 20 heavy (non-hydrogen) atoms. The van der Waals surface area contributed by atoms with E-state index in [1.165, 1.54) is 29.9 Å². The molecule has 0 radical (unpaired) electrons. The van der Waals surface area contributed by atoms with Crippen LogP contribution in [0, 0.1) is 0 Å². The highest BCUT2D eigenvalue weighted by molar-refractivity contribution is 9.10. The van der Waals surface area contributed by atoms with Gasteiger partial charge in [-0.25, -0.2) is 0 Å². The molecule has 0 unspecified atom stereocenters. The molecule has 0 bridgehead atoms. The maximum absolute atomic E-state index is 11.6. The fourth-order valence-corrected chi connectivity index (χ4v) is 5.13. The van der Waals surface area contributed by atoms with E-state index < -0.39 is 11.4 Å². The number of carbonyl (C=O) groups is 1. The third-order valence-electron chi connectivity index (χ3n) is 4.83. The summed E-state index contributed by atoms with van der Waals surface area (Å²) in [5, 5.41) is 9.53. The van der Waals surface area contributed by atoms with Gasteiger partial charge in [0, 0.05) is 4.47 Å². The number of halogens is 1. The summed E-state index contributed by atoms with van der Waals surface area (Å²) < 4.78 is 1.10. The molecule has 2 fully saturated rings. The lowest BCUT2D eigenvalue weighted by molar-refractivity contribution is -0.147. The molecule has 0 aromatic heterocycles. The molecule has 2 nitrogen and oxygen atoms in total. The van der Waals surface area contributed by atoms with Crippen molar-refractivity contribution in [1.82, 2.24) is 0 Å². The van der Waals surface area contributed by atoms with Crippen LogP contribution in [0.25, 0.3) is 0 Å². The van der Waals surface area contributed by atoms with Crippen molar-refractivity contribution < 1.29 is 9.90 Å². The van der Waals surface area contributed by atoms with E-state index in [1.807, 2.05) is 11.8 Å². The second kappa shape index (κ2) is 5.72. The van der Waals surface area contributed by atoms with Gasteiger partial charge in [-0.3, -0.25) is 4.79 Å². The molecule has 1 heterocycles. The molecule has 0 spiro atoms. The fourth-order valence-electron chi connectivity index (χ4n) is 3.32. The van der Waals surface area contributed by atoms with Gasteiger partial charge in [0.25, 0.3) is 0 Å². The highest BCUT2D eigenvalue weighted by Gasteiger charge is 2.46. The Labute approximate surface area is 132 Å². The average molecular weight is 355 g/mol. The van der Waals surface area contributed by atoms with E-state index in [4.69, 9.17) is 0 Å². The number of rotatable bonds is 3. The topological polar surface area (TPSA) is 37.3 Å². The van der Waals surface area contributed by atoms with Crippen LogP contribution in [0.1, 0.15) is 49.1 Å². The Kier molecular flexibility index (Phi) is 4.14. The average Bonchev–Trinajstić information content (AvgIpc) is 2.38. The second-order valence-electron chi connectivity index (χ2n) is 5.86. The summed E-state index contributed by atoms with van der Waals surface area (Å²) in [6.45, 7) is 0. The molecular formula is C16H19BrO2S. The van der Waals surface area contributed by atoms with Crippen molar-refractivity contribution in [1.29, 1.82) is 0 Å². The lowest BCUT2D eigenvalue weighted by Crippen LogP contribution is -2.42. The summed E-state index contributed by atoms with van der Waals surface area (Å²) in [5.74, 6) is 2.43. The predicted octanol–water partition coefficient (Wildman–Crippen LogP) is 4.57. The van der Waals surface area contributed by atoms with Gasteiger partial charge in [-0.15, -0.1) is 0 Å². The van der Waals surface area contributed by atoms with Crippen molar-refractivity contribution in [2.45, 2.75) is 43.4 Å². The van der Waals surface area contributed by atoms with E-state index in [1.54, 1.807) is 0 Å². The van der Waals surface area contributed by atoms with Gasteiger partial charge < -0.3 is 5.11 Å². The smallest absolute Gasteiger partial charge is 0.314 e. The van der Waals surface area contributed by atoms with Crippen LogP contribution in [0.2, 0.25) is 0 Å². The summed E-state index contributed by atoms with van der Waals surface area (Å²) in [7, 11) is 0. The minimum atomic E-state index is -0.669. The van der Waals surface area contributed by atoms with Gasteiger partial charge >= 0.3 is 5.97 Å². The van der Waals surface area contributed by atoms with Gasteiger partial charge in [0.2, 0.25) is 0 Å². The number of aliphatic carboxylic acids is 1. The molecular weight excluding hydrogens is 336 g/mol. The highest BCUT2D eigenvalue weighted by Crippen LogP contribution is 2.46. The number of hydrogen-bond donors (Lipinski definition) is 1. The van der Waals surface area contributed by atoms with E-state index in [2.05, 4.69) is 34.1 Å². The second-order valence-corrected chi connectivity index (χ2v) is 7.94. The molecule has 3 rings (SSSR count).